The zero-order valence-corrected chi connectivity index (χ0v) is 22.6. The van der Waals surface area contributed by atoms with Crippen molar-refractivity contribution in [2.45, 2.75) is 26.4 Å². The standard InChI is InChI=1S/C27H28FN7O3S/c1-27(2,3)38-26(37)34-20-15-32-22(28)14-18(20)17-6-4-5-16-13-21(39-23(16)17)19-7-8-29-24(33-19)30-9-11-35-12-10-31-25(35)36/h4-8,13-15H,9-12H2,1-3H3,(H,31,36)(H,34,37)(H,29,30,33). The van der Waals surface area contributed by atoms with Crippen LogP contribution < -0.4 is 16.0 Å². The van der Waals surface area contributed by atoms with E-state index in [0.29, 0.717) is 43.4 Å². The van der Waals surface area contributed by atoms with E-state index in [-0.39, 0.29) is 6.03 Å². The van der Waals surface area contributed by atoms with E-state index in [2.05, 4.69) is 30.9 Å². The van der Waals surface area contributed by atoms with Crippen molar-refractivity contribution in [1.82, 2.24) is 25.2 Å². The number of urea groups is 1. The molecule has 0 saturated carbocycles. The highest BCUT2D eigenvalue weighted by Gasteiger charge is 2.21. The minimum absolute atomic E-state index is 0.0638. The molecule has 0 aliphatic carbocycles. The predicted molar refractivity (Wildman–Crippen MR) is 149 cm³/mol. The van der Waals surface area contributed by atoms with Gasteiger partial charge in [-0.2, -0.15) is 4.39 Å². The quantitative estimate of drug-likeness (QED) is 0.266. The Hall–Kier alpha value is -4.32. The first kappa shape index (κ1) is 26.3. The van der Waals surface area contributed by atoms with Gasteiger partial charge in [-0.05, 0) is 38.3 Å². The van der Waals surface area contributed by atoms with E-state index in [1.54, 1.807) is 31.9 Å². The summed E-state index contributed by atoms with van der Waals surface area (Å²) in [6.07, 6.45) is 2.32. The molecule has 1 aliphatic heterocycles. The summed E-state index contributed by atoms with van der Waals surface area (Å²) in [4.78, 5) is 39.5. The smallest absolute Gasteiger partial charge is 0.412 e. The molecule has 1 saturated heterocycles. The maximum absolute atomic E-state index is 14.3. The summed E-state index contributed by atoms with van der Waals surface area (Å²) in [5, 5.41) is 9.61. The maximum Gasteiger partial charge on any atom is 0.412 e. The van der Waals surface area contributed by atoms with E-state index >= 15 is 0 Å². The van der Waals surface area contributed by atoms with Gasteiger partial charge >= 0.3 is 12.1 Å². The van der Waals surface area contributed by atoms with Gasteiger partial charge in [-0.25, -0.2) is 24.5 Å². The van der Waals surface area contributed by atoms with Gasteiger partial charge in [-0.15, -0.1) is 11.3 Å². The average molecular weight is 550 g/mol. The number of ether oxygens (including phenoxy) is 1. The molecular formula is C27H28FN7O3S. The van der Waals surface area contributed by atoms with Crippen LogP contribution in [0, 0.1) is 5.95 Å². The van der Waals surface area contributed by atoms with E-state index in [4.69, 9.17) is 4.74 Å². The molecule has 0 bridgehead atoms. The number of hydrogen-bond donors (Lipinski definition) is 3. The second kappa shape index (κ2) is 10.8. The summed E-state index contributed by atoms with van der Waals surface area (Å²) in [5.41, 5.74) is 1.62. The van der Waals surface area contributed by atoms with Crippen molar-refractivity contribution >= 4 is 45.2 Å². The maximum atomic E-state index is 14.3. The number of halogens is 1. The van der Waals surface area contributed by atoms with Crippen LogP contribution in [0.1, 0.15) is 20.8 Å². The molecule has 10 nitrogen and oxygen atoms in total. The van der Waals surface area contributed by atoms with Crippen LogP contribution >= 0.6 is 11.3 Å². The third-order valence-electron chi connectivity index (χ3n) is 5.86. The summed E-state index contributed by atoms with van der Waals surface area (Å²) < 4.78 is 20.6. The molecule has 202 valence electrons. The second-order valence-corrected chi connectivity index (χ2v) is 11.0. The summed E-state index contributed by atoms with van der Waals surface area (Å²) >= 11 is 1.50. The number of benzene rings is 1. The Labute approximate surface area is 228 Å². The molecule has 1 aromatic carbocycles. The number of carbonyl (C=O) groups excluding carboxylic acids is 2. The number of rotatable bonds is 7. The van der Waals surface area contributed by atoms with Crippen LogP contribution in [0.5, 0.6) is 0 Å². The number of aromatic nitrogens is 3. The number of nitrogens with zero attached hydrogens (tertiary/aromatic N) is 4. The lowest BCUT2D eigenvalue weighted by Gasteiger charge is -2.20. The summed E-state index contributed by atoms with van der Waals surface area (Å²) in [6.45, 7) is 7.72. The number of fused-ring (bicyclic) bond motifs is 1. The van der Waals surface area contributed by atoms with Crippen LogP contribution in [0.3, 0.4) is 0 Å². The number of carbonyl (C=O) groups is 2. The van der Waals surface area contributed by atoms with Gasteiger partial charge in [0.2, 0.25) is 11.9 Å². The molecule has 5 rings (SSSR count). The Morgan fingerprint density at radius 1 is 1.21 bits per heavy atom. The number of anilines is 2. The van der Waals surface area contributed by atoms with Gasteiger partial charge < -0.3 is 20.3 Å². The second-order valence-electron chi connectivity index (χ2n) is 9.93. The molecule has 4 heterocycles. The molecule has 1 aliphatic rings. The van der Waals surface area contributed by atoms with Crippen LogP contribution in [0.2, 0.25) is 0 Å². The van der Waals surface area contributed by atoms with Crippen molar-refractivity contribution in [3.63, 3.8) is 0 Å². The van der Waals surface area contributed by atoms with Gasteiger partial charge in [-0.3, -0.25) is 5.32 Å². The van der Waals surface area contributed by atoms with Gasteiger partial charge in [0.25, 0.3) is 0 Å². The van der Waals surface area contributed by atoms with Crippen molar-refractivity contribution in [1.29, 1.82) is 0 Å². The fraction of sp³-hybridized carbons (Fsp3) is 0.296. The monoisotopic (exact) mass is 549 g/mol. The lowest BCUT2D eigenvalue weighted by atomic mass is 10.0. The number of pyridine rings is 1. The van der Waals surface area contributed by atoms with Crippen LogP contribution in [0.15, 0.2) is 48.8 Å². The fourth-order valence-corrected chi connectivity index (χ4v) is 5.33. The minimum atomic E-state index is -0.686. The summed E-state index contributed by atoms with van der Waals surface area (Å²) in [5.74, 6) is -0.198. The molecule has 0 radical (unpaired) electrons. The Balaban J connectivity index is 1.41. The van der Waals surface area contributed by atoms with E-state index in [1.807, 2.05) is 30.3 Å². The molecule has 4 aromatic rings. The fourth-order valence-electron chi connectivity index (χ4n) is 4.18. The van der Waals surface area contributed by atoms with Crippen LogP contribution in [0.4, 0.5) is 25.6 Å². The molecule has 12 heteroatoms. The van der Waals surface area contributed by atoms with E-state index < -0.39 is 17.6 Å². The predicted octanol–water partition coefficient (Wildman–Crippen LogP) is 5.34. The summed E-state index contributed by atoms with van der Waals surface area (Å²) in [7, 11) is 0. The first-order chi connectivity index (χ1) is 18.7. The Kier molecular flexibility index (Phi) is 7.29. The first-order valence-corrected chi connectivity index (χ1v) is 13.3. The van der Waals surface area contributed by atoms with Crippen molar-refractivity contribution in [3.8, 4) is 21.7 Å². The highest BCUT2D eigenvalue weighted by Crippen LogP contribution is 2.41. The molecule has 3 N–H and O–H groups in total. The number of hydrogen-bond acceptors (Lipinski definition) is 8. The molecule has 1 fully saturated rings. The third kappa shape index (κ3) is 6.23. The van der Waals surface area contributed by atoms with E-state index in [0.717, 1.165) is 26.2 Å². The van der Waals surface area contributed by atoms with Crippen molar-refractivity contribution in [3.05, 3.63) is 54.7 Å². The van der Waals surface area contributed by atoms with Crippen molar-refractivity contribution in [2.24, 2.45) is 0 Å². The number of nitrogens with one attached hydrogen (secondary N) is 3. The molecular weight excluding hydrogens is 521 g/mol. The Morgan fingerprint density at radius 2 is 2.05 bits per heavy atom. The Bertz CT molecular complexity index is 1540. The highest BCUT2D eigenvalue weighted by atomic mass is 32.1. The molecule has 3 amide bonds. The SMILES string of the molecule is CC(C)(C)OC(=O)Nc1cnc(F)cc1-c1cccc2cc(-c3ccnc(NCCN4CCNC4=O)n3)sc12. The topological polar surface area (TPSA) is 121 Å². The third-order valence-corrected chi connectivity index (χ3v) is 7.07. The van der Waals surface area contributed by atoms with Gasteiger partial charge in [0.1, 0.15) is 5.60 Å². The molecule has 0 atom stereocenters. The molecule has 0 spiro atoms. The summed E-state index contributed by atoms with van der Waals surface area (Å²) in [6, 6.07) is 10.8. The number of thiophene rings is 1. The van der Waals surface area contributed by atoms with Gasteiger partial charge in [0.15, 0.2) is 0 Å². The van der Waals surface area contributed by atoms with Crippen LogP contribution in [-0.2, 0) is 4.74 Å². The largest absolute Gasteiger partial charge is 0.444 e. The highest BCUT2D eigenvalue weighted by molar-refractivity contribution is 7.22. The number of amides is 3. The van der Waals surface area contributed by atoms with Crippen molar-refractivity contribution < 1.29 is 18.7 Å². The Morgan fingerprint density at radius 3 is 2.82 bits per heavy atom. The average Bonchev–Trinajstić information content (AvgIpc) is 3.50. The van der Waals surface area contributed by atoms with E-state index in [9.17, 15) is 14.0 Å². The zero-order chi connectivity index (χ0) is 27.6. The van der Waals surface area contributed by atoms with Gasteiger partial charge in [-0.1, -0.05) is 18.2 Å². The minimum Gasteiger partial charge on any atom is -0.444 e. The molecule has 39 heavy (non-hydrogen) atoms. The van der Waals surface area contributed by atoms with Crippen molar-refractivity contribution in [2.75, 3.05) is 36.8 Å². The zero-order valence-electron chi connectivity index (χ0n) is 21.7. The lowest BCUT2D eigenvalue weighted by molar-refractivity contribution is 0.0636. The lowest BCUT2D eigenvalue weighted by Crippen LogP contribution is -2.32. The van der Waals surface area contributed by atoms with Crippen LogP contribution in [0.25, 0.3) is 31.8 Å². The van der Waals surface area contributed by atoms with Crippen LogP contribution in [-0.4, -0.2) is 63.8 Å². The normalized spacial score (nSPS) is 13.4. The van der Waals surface area contributed by atoms with Gasteiger partial charge in [0.05, 0.1) is 22.5 Å². The van der Waals surface area contributed by atoms with Gasteiger partial charge in [0, 0.05) is 54.3 Å². The molecule has 0 unspecified atom stereocenters. The van der Waals surface area contributed by atoms with E-state index in [1.165, 1.54) is 23.6 Å². The first-order valence-electron chi connectivity index (χ1n) is 12.4. The molecule has 3 aromatic heterocycles.